The summed E-state index contributed by atoms with van der Waals surface area (Å²) in [6.07, 6.45) is 0. The van der Waals surface area contributed by atoms with Gasteiger partial charge in [-0.2, -0.15) is 5.10 Å². The fourth-order valence-electron chi connectivity index (χ4n) is 2.10. The lowest BCUT2D eigenvalue weighted by Crippen LogP contribution is -2.10. The van der Waals surface area contributed by atoms with Gasteiger partial charge in [-0.05, 0) is 13.0 Å². The van der Waals surface area contributed by atoms with Crippen LogP contribution in [-0.2, 0) is 11.3 Å². The molecule has 0 saturated carbocycles. The lowest BCUT2D eigenvalue weighted by molar-refractivity contribution is 0.0518. The normalized spacial score (nSPS) is 10.3. The number of nitrogens with zero attached hydrogens (tertiary/aromatic N) is 2. The number of aromatic nitrogens is 2. The van der Waals surface area contributed by atoms with Gasteiger partial charge in [-0.15, -0.1) is 0 Å². The van der Waals surface area contributed by atoms with Crippen molar-refractivity contribution in [3.8, 4) is 11.5 Å². The minimum Gasteiger partial charge on any atom is -0.493 e. The van der Waals surface area contributed by atoms with Crippen molar-refractivity contribution < 1.29 is 19.0 Å². The molecule has 7 heteroatoms. The van der Waals surface area contributed by atoms with Crippen LogP contribution < -0.4 is 15.2 Å². The third-order valence-electron chi connectivity index (χ3n) is 3.10. The van der Waals surface area contributed by atoms with Crippen LogP contribution in [0.2, 0.25) is 0 Å². The highest BCUT2D eigenvalue weighted by Gasteiger charge is 2.16. The molecule has 7 nitrogen and oxygen atoms in total. The predicted octanol–water partition coefficient (Wildman–Crippen LogP) is 1.71. The quantitative estimate of drug-likeness (QED) is 0.817. The van der Waals surface area contributed by atoms with Crippen molar-refractivity contribution in [2.45, 2.75) is 13.5 Å². The fourth-order valence-corrected chi connectivity index (χ4v) is 2.10. The molecule has 0 radical (unpaired) electrons. The second kappa shape index (κ2) is 6.84. The number of para-hydroxylation sites is 1. The average molecular weight is 305 g/mol. The Hall–Kier alpha value is -2.70. The summed E-state index contributed by atoms with van der Waals surface area (Å²) in [5.74, 6) is 1.10. The van der Waals surface area contributed by atoms with E-state index in [-0.39, 0.29) is 12.3 Å². The lowest BCUT2D eigenvalue weighted by Gasteiger charge is -2.13. The molecule has 2 rings (SSSR count). The number of carbonyl (C=O) groups excluding carboxylic acids is 1. The molecule has 1 aromatic carbocycles. The smallest absolute Gasteiger partial charge is 0.358 e. The van der Waals surface area contributed by atoms with Crippen molar-refractivity contribution in [3.63, 3.8) is 0 Å². The largest absolute Gasteiger partial charge is 0.493 e. The van der Waals surface area contributed by atoms with E-state index in [1.54, 1.807) is 27.2 Å². The maximum atomic E-state index is 11.7. The van der Waals surface area contributed by atoms with Gasteiger partial charge in [-0.25, -0.2) is 9.48 Å². The minimum atomic E-state index is -0.495. The van der Waals surface area contributed by atoms with E-state index in [0.717, 1.165) is 5.56 Å². The SMILES string of the molecule is CCOC(=O)c1cc(N)n(Cc2cccc(OC)c2OC)n1. The van der Waals surface area contributed by atoms with Gasteiger partial charge < -0.3 is 19.9 Å². The number of esters is 1. The average Bonchev–Trinajstić information content (AvgIpc) is 2.88. The van der Waals surface area contributed by atoms with Gasteiger partial charge in [0, 0.05) is 11.6 Å². The number of nitrogens with two attached hydrogens (primary N) is 1. The van der Waals surface area contributed by atoms with Crippen molar-refractivity contribution in [1.29, 1.82) is 0 Å². The van der Waals surface area contributed by atoms with Gasteiger partial charge in [0.25, 0.3) is 0 Å². The first kappa shape index (κ1) is 15.7. The molecule has 0 atom stereocenters. The van der Waals surface area contributed by atoms with Gasteiger partial charge in [0.05, 0.1) is 27.4 Å². The summed E-state index contributed by atoms with van der Waals surface area (Å²) in [7, 11) is 3.14. The summed E-state index contributed by atoms with van der Waals surface area (Å²) in [5.41, 5.74) is 6.93. The molecule has 0 spiro atoms. The summed E-state index contributed by atoms with van der Waals surface area (Å²) >= 11 is 0. The number of nitrogen functional groups attached to an aromatic ring is 1. The molecule has 22 heavy (non-hydrogen) atoms. The number of benzene rings is 1. The van der Waals surface area contributed by atoms with Crippen LogP contribution in [0, 0.1) is 0 Å². The Balaban J connectivity index is 2.30. The molecule has 1 heterocycles. The van der Waals surface area contributed by atoms with Crippen LogP contribution in [0.1, 0.15) is 23.0 Å². The van der Waals surface area contributed by atoms with Crippen LogP contribution in [0.25, 0.3) is 0 Å². The van der Waals surface area contributed by atoms with Gasteiger partial charge in [-0.1, -0.05) is 12.1 Å². The van der Waals surface area contributed by atoms with Gasteiger partial charge >= 0.3 is 5.97 Å². The molecular weight excluding hydrogens is 286 g/mol. The highest BCUT2D eigenvalue weighted by molar-refractivity contribution is 5.88. The van der Waals surface area contributed by atoms with Crippen LogP contribution in [0.15, 0.2) is 24.3 Å². The fraction of sp³-hybridized carbons (Fsp3) is 0.333. The second-order valence-electron chi connectivity index (χ2n) is 4.49. The van der Waals surface area contributed by atoms with Crippen LogP contribution in [-0.4, -0.2) is 36.6 Å². The molecule has 2 N–H and O–H groups in total. The van der Waals surface area contributed by atoms with E-state index in [9.17, 15) is 4.79 Å². The monoisotopic (exact) mass is 305 g/mol. The first-order valence-electron chi connectivity index (χ1n) is 6.81. The molecule has 0 unspecified atom stereocenters. The molecule has 118 valence electrons. The first-order valence-corrected chi connectivity index (χ1v) is 6.81. The Labute approximate surface area is 128 Å². The molecule has 0 saturated heterocycles. The topological polar surface area (TPSA) is 88.6 Å². The van der Waals surface area contributed by atoms with Crippen molar-refractivity contribution in [3.05, 3.63) is 35.5 Å². The molecule has 1 aromatic heterocycles. The predicted molar refractivity (Wildman–Crippen MR) is 81.2 cm³/mol. The summed E-state index contributed by atoms with van der Waals surface area (Å²) in [6.45, 7) is 2.38. The number of hydrogen-bond donors (Lipinski definition) is 1. The first-order chi connectivity index (χ1) is 10.6. The van der Waals surface area contributed by atoms with Crippen LogP contribution in [0.5, 0.6) is 11.5 Å². The lowest BCUT2D eigenvalue weighted by atomic mass is 10.2. The number of carbonyl (C=O) groups is 1. The van der Waals surface area contributed by atoms with Crippen LogP contribution in [0.3, 0.4) is 0 Å². The zero-order valence-corrected chi connectivity index (χ0v) is 12.8. The Kier molecular flexibility index (Phi) is 4.88. The maximum Gasteiger partial charge on any atom is 0.358 e. The van der Waals surface area contributed by atoms with Crippen molar-refractivity contribution in [2.24, 2.45) is 0 Å². The molecule has 0 aliphatic rings. The molecular formula is C15H19N3O4. The third-order valence-corrected chi connectivity index (χ3v) is 3.10. The summed E-state index contributed by atoms with van der Waals surface area (Å²) < 4.78 is 17.1. The van der Waals surface area contributed by atoms with E-state index in [2.05, 4.69) is 5.10 Å². The Morgan fingerprint density at radius 3 is 2.73 bits per heavy atom. The molecule has 0 amide bonds. The van der Waals surface area contributed by atoms with E-state index >= 15 is 0 Å². The second-order valence-corrected chi connectivity index (χ2v) is 4.49. The van der Waals surface area contributed by atoms with Gasteiger partial charge in [0.15, 0.2) is 17.2 Å². The standard InChI is InChI=1S/C15H19N3O4/c1-4-22-15(19)11-8-13(16)18(17-11)9-10-6-5-7-12(20-2)14(10)21-3/h5-8H,4,9,16H2,1-3H3. The van der Waals surface area contributed by atoms with E-state index in [4.69, 9.17) is 19.9 Å². The Morgan fingerprint density at radius 1 is 1.32 bits per heavy atom. The molecule has 0 fully saturated rings. The van der Waals surface area contributed by atoms with E-state index in [1.807, 2.05) is 12.1 Å². The zero-order valence-electron chi connectivity index (χ0n) is 12.8. The molecule has 0 aliphatic carbocycles. The van der Waals surface area contributed by atoms with Gasteiger partial charge in [-0.3, -0.25) is 0 Å². The van der Waals surface area contributed by atoms with Crippen molar-refractivity contribution >= 4 is 11.8 Å². The number of hydrogen-bond acceptors (Lipinski definition) is 6. The highest BCUT2D eigenvalue weighted by Crippen LogP contribution is 2.31. The minimum absolute atomic E-state index is 0.182. The molecule has 0 aliphatic heterocycles. The molecule has 2 aromatic rings. The number of rotatable bonds is 6. The van der Waals surface area contributed by atoms with E-state index in [1.165, 1.54) is 10.7 Å². The zero-order chi connectivity index (χ0) is 16.1. The van der Waals surface area contributed by atoms with Gasteiger partial charge in [0.2, 0.25) is 0 Å². The Bertz CT molecular complexity index is 667. The van der Waals surface area contributed by atoms with Gasteiger partial charge in [0.1, 0.15) is 5.82 Å². The summed E-state index contributed by atoms with van der Waals surface area (Å²) in [6, 6.07) is 7.03. The third kappa shape index (κ3) is 3.13. The summed E-state index contributed by atoms with van der Waals surface area (Å²) in [5, 5.41) is 4.18. The van der Waals surface area contributed by atoms with E-state index in [0.29, 0.717) is 23.9 Å². The van der Waals surface area contributed by atoms with Crippen LogP contribution >= 0.6 is 0 Å². The van der Waals surface area contributed by atoms with E-state index < -0.39 is 5.97 Å². The number of anilines is 1. The Morgan fingerprint density at radius 2 is 2.09 bits per heavy atom. The number of ether oxygens (including phenoxy) is 3. The van der Waals surface area contributed by atoms with Crippen molar-refractivity contribution in [2.75, 3.05) is 26.6 Å². The summed E-state index contributed by atoms with van der Waals surface area (Å²) in [4.78, 5) is 11.7. The highest BCUT2D eigenvalue weighted by atomic mass is 16.5. The maximum absolute atomic E-state index is 11.7. The molecule has 0 bridgehead atoms. The van der Waals surface area contributed by atoms with Crippen LogP contribution in [0.4, 0.5) is 5.82 Å². The number of methoxy groups -OCH3 is 2. The van der Waals surface area contributed by atoms with Crippen molar-refractivity contribution in [1.82, 2.24) is 9.78 Å².